The fourth-order valence-electron chi connectivity index (χ4n) is 1.87. The summed E-state index contributed by atoms with van der Waals surface area (Å²) in [6.45, 7) is 2.01. The SMILES string of the molecule is Cc1ccsc1C=NNC(=O)CSc1nnc(SCc2ccccc2)s1. The number of rotatable bonds is 8. The van der Waals surface area contributed by atoms with Crippen LogP contribution < -0.4 is 5.43 Å². The van der Waals surface area contributed by atoms with E-state index >= 15 is 0 Å². The highest BCUT2D eigenvalue weighted by Crippen LogP contribution is 2.30. The first-order valence-corrected chi connectivity index (χ1v) is 11.4. The van der Waals surface area contributed by atoms with Gasteiger partial charge in [-0.15, -0.1) is 21.5 Å². The fourth-order valence-corrected chi connectivity index (χ4v) is 5.43. The molecule has 0 saturated heterocycles. The van der Waals surface area contributed by atoms with E-state index in [-0.39, 0.29) is 11.7 Å². The molecule has 0 fully saturated rings. The number of nitrogens with zero attached hydrogens (tertiary/aromatic N) is 3. The Bertz CT molecular complexity index is 876. The molecule has 2 aromatic heterocycles. The second-order valence-electron chi connectivity index (χ2n) is 5.16. The molecule has 1 aromatic carbocycles. The summed E-state index contributed by atoms with van der Waals surface area (Å²) in [4.78, 5) is 12.9. The van der Waals surface area contributed by atoms with Crippen molar-refractivity contribution in [2.75, 3.05) is 5.75 Å². The summed E-state index contributed by atoms with van der Waals surface area (Å²) in [5.74, 6) is 0.963. The molecule has 3 rings (SSSR count). The van der Waals surface area contributed by atoms with Crippen molar-refractivity contribution in [2.45, 2.75) is 21.4 Å². The molecule has 3 aromatic rings. The van der Waals surface area contributed by atoms with E-state index in [9.17, 15) is 4.79 Å². The van der Waals surface area contributed by atoms with Crippen LogP contribution in [0.1, 0.15) is 16.0 Å². The molecule has 2 heterocycles. The van der Waals surface area contributed by atoms with Crippen LogP contribution in [-0.2, 0) is 10.5 Å². The van der Waals surface area contributed by atoms with Crippen LogP contribution in [0.25, 0.3) is 0 Å². The number of hydrogen-bond acceptors (Lipinski definition) is 8. The lowest BCUT2D eigenvalue weighted by atomic mass is 10.2. The van der Waals surface area contributed by atoms with Crippen molar-refractivity contribution in [2.24, 2.45) is 5.10 Å². The van der Waals surface area contributed by atoms with Gasteiger partial charge in [-0.1, -0.05) is 65.2 Å². The van der Waals surface area contributed by atoms with Crippen molar-refractivity contribution in [1.29, 1.82) is 0 Å². The lowest BCUT2D eigenvalue weighted by Crippen LogP contribution is -2.19. The molecule has 1 N–H and O–H groups in total. The van der Waals surface area contributed by atoms with Crippen LogP contribution in [0.3, 0.4) is 0 Å². The Morgan fingerprint density at radius 2 is 1.96 bits per heavy atom. The molecule has 0 spiro atoms. The van der Waals surface area contributed by atoms with Crippen LogP contribution in [0, 0.1) is 6.92 Å². The molecule has 9 heteroatoms. The van der Waals surface area contributed by atoms with Crippen molar-refractivity contribution in [3.05, 3.63) is 57.8 Å². The van der Waals surface area contributed by atoms with E-state index in [2.05, 4.69) is 32.9 Å². The maximum Gasteiger partial charge on any atom is 0.250 e. The standard InChI is InChI=1S/C17H16N4OS4/c1-12-7-8-23-14(12)9-18-19-15(22)11-25-17-21-20-16(26-17)24-10-13-5-3-2-4-6-13/h2-9H,10-11H2,1H3,(H,19,22). The molecule has 0 radical (unpaired) electrons. The molecule has 0 saturated carbocycles. The molecule has 26 heavy (non-hydrogen) atoms. The van der Waals surface area contributed by atoms with Crippen LogP contribution >= 0.6 is 46.2 Å². The first kappa shape index (κ1) is 19.1. The molecule has 0 aliphatic rings. The summed E-state index contributed by atoms with van der Waals surface area (Å²) >= 11 is 6.12. The zero-order chi connectivity index (χ0) is 18.2. The maximum atomic E-state index is 11.9. The first-order chi connectivity index (χ1) is 12.7. The van der Waals surface area contributed by atoms with E-state index in [4.69, 9.17) is 0 Å². The normalized spacial score (nSPS) is 11.1. The largest absolute Gasteiger partial charge is 0.272 e. The zero-order valence-corrected chi connectivity index (χ0v) is 17.2. The number of carbonyl (C=O) groups is 1. The predicted molar refractivity (Wildman–Crippen MR) is 111 cm³/mol. The Kier molecular flexibility index (Phi) is 7.24. The molecule has 1 amide bonds. The van der Waals surface area contributed by atoms with Gasteiger partial charge in [0.1, 0.15) is 0 Å². The Morgan fingerprint density at radius 3 is 2.69 bits per heavy atom. The topological polar surface area (TPSA) is 67.2 Å². The molecule has 0 atom stereocenters. The van der Waals surface area contributed by atoms with Crippen molar-refractivity contribution < 1.29 is 4.79 Å². The third-order valence-electron chi connectivity index (χ3n) is 3.19. The van der Waals surface area contributed by atoms with Crippen molar-refractivity contribution in [3.8, 4) is 0 Å². The highest BCUT2D eigenvalue weighted by atomic mass is 32.2. The van der Waals surface area contributed by atoms with Crippen molar-refractivity contribution in [1.82, 2.24) is 15.6 Å². The molecule has 0 unspecified atom stereocenters. The van der Waals surface area contributed by atoms with E-state index in [1.165, 1.54) is 28.7 Å². The summed E-state index contributed by atoms with van der Waals surface area (Å²) in [7, 11) is 0. The second-order valence-corrected chi connectivity index (χ2v) is 9.53. The van der Waals surface area contributed by atoms with E-state index in [0.717, 1.165) is 24.9 Å². The van der Waals surface area contributed by atoms with Gasteiger partial charge in [0, 0.05) is 10.6 Å². The van der Waals surface area contributed by atoms with Gasteiger partial charge in [0.2, 0.25) is 0 Å². The molecule has 0 aliphatic carbocycles. The monoisotopic (exact) mass is 420 g/mol. The molecular formula is C17H16N4OS4. The number of hydrazone groups is 1. The summed E-state index contributed by atoms with van der Waals surface area (Å²) in [6.07, 6.45) is 1.67. The van der Waals surface area contributed by atoms with Crippen molar-refractivity contribution in [3.63, 3.8) is 0 Å². The predicted octanol–water partition coefficient (Wildman–Crippen LogP) is 4.44. The van der Waals surface area contributed by atoms with Gasteiger partial charge in [-0.2, -0.15) is 5.10 Å². The highest BCUT2D eigenvalue weighted by Gasteiger charge is 2.08. The second kappa shape index (κ2) is 9.86. The summed E-state index contributed by atoms with van der Waals surface area (Å²) < 4.78 is 1.69. The quantitative estimate of drug-likeness (QED) is 0.331. The Labute approximate surface area is 168 Å². The first-order valence-electron chi connectivity index (χ1n) is 7.70. The van der Waals surface area contributed by atoms with Crippen LogP contribution in [0.2, 0.25) is 0 Å². The number of nitrogens with one attached hydrogen (secondary N) is 1. The smallest absolute Gasteiger partial charge is 0.250 e. The Balaban J connectivity index is 1.40. The minimum absolute atomic E-state index is 0.158. The summed E-state index contributed by atoms with van der Waals surface area (Å²) in [6, 6.07) is 12.3. The molecular weight excluding hydrogens is 404 g/mol. The number of thiophene rings is 1. The minimum atomic E-state index is -0.158. The molecule has 0 aliphatic heterocycles. The zero-order valence-electron chi connectivity index (χ0n) is 13.9. The number of carbonyl (C=O) groups excluding carboxylic acids is 1. The average Bonchev–Trinajstić information content (AvgIpc) is 3.28. The number of amides is 1. The van der Waals surface area contributed by atoms with Crippen LogP contribution in [0.15, 0.2) is 55.6 Å². The lowest BCUT2D eigenvalue weighted by molar-refractivity contribution is -0.118. The van der Waals surface area contributed by atoms with Gasteiger partial charge in [-0.3, -0.25) is 4.79 Å². The van der Waals surface area contributed by atoms with Crippen molar-refractivity contribution >= 4 is 58.3 Å². The third-order valence-corrected chi connectivity index (χ3v) is 7.41. The number of benzene rings is 1. The molecule has 0 bridgehead atoms. The van der Waals surface area contributed by atoms with Crippen LogP contribution in [0.4, 0.5) is 0 Å². The lowest BCUT2D eigenvalue weighted by Gasteiger charge is -1.97. The van der Waals surface area contributed by atoms with Gasteiger partial charge in [0.15, 0.2) is 8.68 Å². The van der Waals surface area contributed by atoms with E-state index in [1.807, 2.05) is 36.6 Å². The van der Waals surface area contributed by atoms with Crippen LogP contribution in [-0.4, -0.2) is 28.1 Å². The number of aryl methyl sites for hydroxylation is 1. The van der Waals surface area contributed by atoms with E-state index in [1.54, 1.807) is 29.3 Å². The maximum absolute atomic E-state index is 11.9. The summed E-state index contributed by atoms with van der Waals surface area (Å²) in [5.41, 5.74) is 4.94. The van der Waals surface area contributed by atoms with Crippen LogP contribution in [0.5, 0.6) is 0 Å². The minimum Gasteiger partial charge on any atom is -0.272 e. The Morgan fingerprint density at radius 1 is 1.19 bits per heavy atom. The average molecular weight is 421 g/mol. The number of thioether (sulfide) groups is 2. The molecule has 134 valence electrons. The van der Waals surface area contributed by atoms with E-state index < -0.39 is 0 Å². The van der Waals surface area contributed by atoms with Gasteiger partial charge >= 0.3 is 0 Å². The molecule has 5 nitrogen and oxygen atoms in total. The number of hydrogen-bond donors (Lipinski definition) is 1. The van der Waals surface area contributed by atoms with E-state index in [0.29, 0.717) is 0 Å². The van der Waals surface area contributed by atoms with Gasteiger partial charge in [0.05, 0.1) is 12.0 Å². The van der Waals surface area contributed by atoms with Gasteiger partial charge < -0.3 is 0 Å². The Hall–Kier alpha value is -1.68. The van der Waals surface area contributed by atoms with Gasteiger partial charge in [-0.05, 0) is 29.5 Å². The van der Waals surface area contributed by atoms with Gasteiger partial charge in [-0.25, -0.2) is 5.43 Å². The highest BCUT2D eigenvalue weighted by molar-refractivity contribution is 8.03. The van der Waals surface area contributed by atoms with Gasteiger partial charge in [0.25, 0.3) is 5.91 Å². The third kappa shape index (κ3) is 5.94. The fraction of sp³-hybridized carbons (Fsp3) is 0.176. The summed E-state index contributed by atoms with van der Waals surface area (Å²) in [5, 5.41) is 14.3. The number of aromatic nitrogens is 2.